The lowest BCUT2D eigenvalue weighted by atomic mass is 10.2. The third-order valence-corrected chi connectivity index (χ3v) is 1.37. The van der Waals surface area contributed by atoms with Crippen LogP contribution < -0.4 is 17.2 Å². The highest BCUT2D eigenvalue weighted by Gasteiger charge is 2.09. The van der Waals surface area contributed by atoms with Gasteiger partial charge in [0.05, 0.1) is 11.4 Å². The number of hydrogen-bond acceptors (Lipinski definition) is 5. The number of nitrogen functional groups attached to an aromatic ring is 3. The van der Waals surface area contributed by atoms with E-state index >= 15 is 0 Å². The number of anilines is 3. The molecule has 0 bridgehead atoms. The van der Waals surface area contributed by atoms with Crippen LogP contribution in [0.3, 0.4) is 0 Å². The van der Waals surface area contributed by atoms with Crippen LogP contribution in [0.25, 0.3) is 0 Å². The molecule has 0 aromatic heterocycles. The SMILES string of the molecule is Cl.Cl.Cl.Nc1cc(N)c(O)c(N)c1O. The minimum Gasteiger partial charge on any atom is -0.504 e. The summed E-state index contributed by atoms with van der Waals surface area (Å²) in [6.45, 7) is 0. The second kappa shape index (κ2) is 6.53. The molecular weight excluding hydrogens is 252 g/mol. The Morgan fingerprint density at radius 1 is 0.786 bits per heavy atom. The van der Waals surface area contributed by atoms with E-state index in [0.717, 1.165) is 0 Å². The topological polar surface area (TPSA) is 119 Å². The van der Waals surface area contributed by atoms with E-state index in [-0.39, 0.29) is 65.8 Å². The largest absolute Gasteiger partial charge is 0.504 e. The monoisotopic (exact) mass is 263 g/mol. The van der Waals surface area contributed by atoms with Crippen LogP contribution in [0.15, 0.2) is 6.07 Å². The third-order valence-electron chi connectivity index (χ3n) is 1.37. The Kier molecular flexibility index (Phi) is 8.77. The fourth-order valence-electron chi connectivity index (χ4n) is 0.727. The van der Waals surface area contributed by atoms with Gasteiger partial charge in [-0.05, 0) is 6.07 Å². The molecular formula is C6H12Cl3N3O2. The highest BCUT2D eigenvalue weighted by molar-refractivity contribution is 5.86. The van der Waals surface area contributed by atoms with E-state index in [1.165, 1.54) is 6.07 Å². The molecule has 0 unspecified atom stereocenters. The Bertz CT molecular complexity index is 283. The van der Waals surface area contributed by atoms with Gasteiger partial charge in [0.1, 0.15) is 5.69 Å². The van der Waals surface area contributed by atoms with Crippen LogP contribution in [0.1, 0.15) is 0 Å². The molecule has 0 spiro atoms. The number of benzene rings is 1. The lowest BCUT2D eigenvalue weighted by Crippen LogP contribution is -1.96. The van der Waals surface area contributed by atoms with Crippen molar-refractivity contribution in [1.29, 1.82) is 0 Å². The second-order valence-corrected chi connectivity index (χ2v) is 2.17. The quantitative estimate of drug-likeness (QED) is 0.273. The van der Waals surface area contributed by atoms with E-state index in [1.807, 2.05) is 0 Å². The van der Waals surface area contributed by atoms with Crippen LogP contribution in [0, 0.1) is 0 Å². The molecule has 0 amide bonds. The molecule has 14 heavy (non-hydrogen) atoms. The van der Waals surface area contributed by atoms with Gasteiger partial charge in [0.2, 0.25) is 0 Å². The molecule has 0 aliphatic heterocycles. The highest BCUT2D eigenvalue weighted by atomic mass is 35.5. The van der Waals surface area contributed by atoms with Gasteiger partial charge in [-0.25, -0.2) is 0 Å². The van der Waals surface area contributed by atoms with E-state index in [4.69, 9.17) is 27.4 Å². The average Bonchev–Trinajstić information content (AvgIpc) is 1.97. The first kappa shape index (κ1) is 18.8. The van der Waals surface area contributed by atoms with Gasteiger partial charge in [0.25, 0.3) is 0 Å². The Morgan fingerprint density at radius 3 is 1.36 bits per heavy atom. The highest BCUT2D eigenvalue weighted by Crippen LogP contribution is 2.39. The minimum atomic E-state index is -0.336. The van der Waals surface area contributed by atoms with E-state index in [9.17, 15) is 0 Å². The van der Waals surface area contributed by atoms with Crippen molar-refractivity contribution in [2.24, 2.45) is 0 Å². The molecule has 1 aromatic rings. The number of phenols is 2. The summed E-state index contributed by atoms with van der Waals surface area (Å²) in [5.41, 5.74) is 15.7. The molecule has 0 radical (unpaired) electrons. The lowest BCUT2D eigenvalue weighted by Gasteiger charge is -2.06. The summed E-state index contributed by atoms with van der Waals surface area (Å²) >= 11 is 0. The van der Waals surface area contributed by atoms with Crippen LogP contribution in [0.2, 0.25) is 0 Å². The van der Waals surface area contributed by atoms with Crippen LogP contribution in [0.4, 0.5) is 17.1 Å². The molecule has 8 heteroatoms. The Morgan fingerprint density at radius 2 is 1.07 bits per heavy atom. The molecule has 84 valence electrons. The normalized spacial score (nSPS) is 7.71. The molecule has 1 rings (SSSR count). The minimum absolute atomic E-state index is 0. The van der Waals surface area contributed by atoms with Crippen molar-refractivity contribution < 1.29 is 10.2 Å². The summed E-state index contributed by atoms with van der Waals surface area (Å²) < 4.78 is 0. The summed E-state index contributed by atoms with van der Waals surface area (Å²) in [6.07, 6.45) is 0. The van der Waals surface area contributed by atoms with Crippen LogP contribution >= 0.6 is 37.2 Å². The van der Waals surface area contributed by atoms with Gasteiger partial charge in [-0.15, -0.1) is 37.2 Å². The van der Waals surface area contributed by atoms with Gasteiger partial charge in [0.15, 0.2) is 11.5 Å². The zero-order valence-corrected chi connectivity index (χ0v) is 9.38. The first-order valence-corrected chi connectivity index (χ1v) is 2.89. The average molecular weight is 265 g/mol. The standard InChI is InChI=1S/C6H9N3O2.3ClH/c7-2-1-3(8)6(11)4(9)5(2)10;;;/h1,10-11H,7-9H2;3*1H. The summed E-state index contributed by atoms with van der Waals surface area (Å²) in [5, 5.41) is 18.1. The molecule has 0 saturated carbocycles. The molecule has 0 aliphatic carbocycles. The van der Waals surface area contributed by atoms with Crippen molar-refractivity contribution in [3.05, 3.63) is 6.07 Å². The predicted octanol–water partition coefficient (Wildman–Crippen LogP) is 1.11. The van der Waals surface area contributed by atoms with Crippen molar-refractivity contribution in [3.63, 3.8) is 0 Å². The smallest absolute Gasteiger partial charge is 0.165 e. The fraction of sp³-hybridized carbons (Fsp3) is 0. The van der Waals surface area contributed by atoms with E-state index < -0.39 is 0 Å². The summed E-state index contributed by atoms with van der Waals surface area (Å²) in [4.78, 5) is 0. The summed E-state index contributed by atoms with van der Waals surface area (Å²) in [6, 6.07) is 1.24. The molecule has 0 aliphatic rings. The zero-order chi connectivity index (χ0) is 8.59. The maximum Gasteiger partial charge on any atom is 0.165 e. The van der Waals surface area contributed by atoms with Gasteiger partial charge in [-0.1, -0.05) is 0 Å². The maximum atomic E-state index is 9.05. The number of rotatable bonds is 0. The van der Waals surface area contributed by atoms with Crippen molar-refractivity contribution in [2.75, 3.05) is 17.2 Å². The van der Waals surface area contributed by atoms with Crippen LogP contribution in [-0.4, -0.2) is 10.2 Å². The first-order chi connectivity index (χ1) is 5.04. The van der Waals surface area contributed by atoms with Crippen LogP contribution in [-0.2, 0) is 0 Å². The van der Waals surface area contributed by atoms with Gasteiger partial charge < -0.3 is 27.4 Å². The van der Waals surface area contributed by atoms with Gasteiger partial charge in [0, 0.05) is 0 Å². The maximum absolute atomic E-state index is 9.05. The fourth-order valence-corrected chi connectivity index (χ4v) is 0.727. The summed E-state index contributed by atoms with van der Waals surface area (Å²) in [5.74, 6) is -0.673. The van der Waals surface area contributed by atoms with Gasteiger partial charge in [-0.3, -0.25) is 0 Å². The van der Waals surface area contributed by atoms with Crippen molar-refractivity contribution in [3.8, 4) is 11.5 Å². The van der Waals surface area contributed by atoms with E-state index in [2.05, 4.69) is 0 Å². The van der Waals surface area contributed by atoms with E-state index in [0.29, 0.717) is 0 Å². The number of hydrogen-bond donors (Lipinski definition) is 5. The van der Waals surface area contributed by atoms with Gasteiger partial charge in [-0.2, -0.15) is 0 Å². The number of phenolic OH excluding ortho intramolecular Hbond substituents is 2. The number of nitrogens with two attached hydrogens (primary N) is 3. The second-order valence-electron chi connectivity index (χ2n) is 2.17. The molecule has 0 saturated heterocycles. The summed E-state index contributed by atoms with van der Waals surface area (Å²) in [7, 11) is 0. The Balaban J connectivity index is -0.000000403. The first-order valence-electron chi connectivity index (χ1n) is 2.89. The zero-order valence-electron chi connectivity index (χ0n) is 6.93. The van der Waals surface area contributed by atoms with Crippen molar-refractivity contribution in [1.82, 2.24) is 0 Å². The van der Waals surface area contributed by atoms with Crippen molar-refractivity contribution in [2.45, 2.75) is 0 Å². The Labute approximate surface area is 99.5 Å². The van der Waals surface area contributed by atoms with Crippen LogP contribution in [0.5, 0.6) is 11.5 Å². The number of aromatic hydroxyl groups is 2. The van der Waals surface area contributed by atoms with Crippen molar-refractivity contribution >= 4 is 54.3 Å². The molecule has 0 fully saturated rings. The third kappa shape index (κ3) is 3.10. The molecule has 1 aromatic carbocycles. The molecule has 0 atom stereocenters. The molecule has 0 heterocycles. The molecule has 5 nitrogen and oxygen atoms in total. The number of halogens is 3. The van der Waals surface area contributed by atoms with Gasteiger partial charge >= 0.3 is 0 Å². The predicted molar refractivity (Wildman–Crippen MR) is 64.8 cm³/mol. The Hall–Kier alpha value is -0.910. The lowest BCUT2D eigenvalue weighted by molar-refractivity contribution is 0.459. The molecule has 8 N–H and O–H groups in total. The van der Waals surface area contributed by atoms with E-state index in [1.54, 1.807) is 0 Å².